The van der Waals surface area contributed by atoms with E-state index in [1.807, 2.05) is 24.8 Å². The maximum Gasteiger partial charge on any atom is 0.265 e. The summed E-state index contributed by atoms with van der Waals surface area (Å²) in [6.07, 6.45) is 4.52. The minimum atomic E-state index is -0.436. The molecule has 1 fully saturated rings. The van der Waals surface area contributed by atoms with Crippen molar-refractivity contribution in [1.29, 1.82) is 0 Å². The summed E-state index contributed by atoms with van der Waals surface area (Å²) in [5.41, 5.74) is 0.500. The third-order valence-corrected chi connectivity index (χ3v) is 5.79. The summed E-state index contributed by atoms with van der Waals surface area (Å²) in [6.45, 7) is 4.06. The van der Waals surface area contributed by atoms with Crippen molar-refractivity contribution in [3.05, 3.63) is 76.0 Å². The number of hydrogen-bond donors (Lipinski definition) is 0. The van der Waals surface area contributed by atoms with Crippen LogP contribution in [0.4, 0.5) is 4.39 Å². The number of hydrogen-bond acceptors (Lipinski definition) is 3. The van der Waals surface area contributed by atoms with E-state index in [1.165, 1.54) is 10.6 Å². The smallest absolute Gasteiger partial charge is 0.265 e. The van der Waals surface area contributed by atoms with E-state index in [0.717, 1.165) is 19.3 Å². The van der Waals surface area contributed by atoms with E-state index in [-0.39, 0.29) is 30.1 Å². The molecule has 1 amide bonds. The first-order chi connectivity index (χ1) is 14.0. The maximum atomic E-state index is 14.2. The molecule has 29 heavy (non-hydrogen) atoms. The van der Waals surface area contributed by atoms with Gasteiger partial charge < -0.3 is 4.90 Å². The molecule has 1 saturated heterocycles. The van der Waals surface area contributed by atoms with Gasteiger partial charge in [-0.15, -0.1) is 0 Å². The number of nitrogens with zero attached hydrogens (tertiary/aromatic N) is 3. The van der Waals surface area contributed by atoms with Gasteiger partial charge >= 0.3 is 0 Å². The van der Waals surface area contributed by atoms with Gasteiger partial charge in [0.1, 0.15) is 17.0 Å². The molecule has 3 heterocycles. The molecule has 0 spiro atoms. The highest BCUT2D eigenvalue weighted by Crippen LogP contribution is 2.25. The molecule has 0 radical (unpaired) electrons. The van der Waals surface area contributed by atoms with Crippen LogP contribution in [-0.4, -0.2) is 32.4 Å². The molecule has 4 rings (SSSR count). The Bertz CT molecular complexity index is 1110. The zero-order valence-corrected chi connectivity index (χ0v) is 16.6. The van der Waals surface area contributed by atoms with Crippen LogP contribution in [0.2, 0.25) is 0 Å². The van der Waals surface area contributed by atoms with Gasteiger partial charge in [-0.1, -0.05) is 18.2 Å². The first kappa shape index (κ1) is 19.3. The van der Waals surface area contributed by atoms with Gasteiger partial charge in [-0.2, -0.15) is 0 Å². The van der Waals surface area contributed by atoms with Crippen LogP contribution in [0.15, 0.2) is 53.5 Å². The molecule has 1 aliphatic heterocycles. The Morgan fingerprint density at radius 1 is 1.14 bits per heavy atom. The minimum Gasteiger partial charge on any atom is -0.333 e. The second kappa shape index (κ2) is 7.78. The summed E-state index contributed by atoms with van der Waals surface area (Å²) in [4.78, 5) is 32.9. The fourth-order valence-corrected chi connectivity index (χ4v) is 4.26. The van der Waals surface area contributed by atoms with Crippen LogP contribution in [0.1, 0.15) is 49.0 Å². The Kier molecular flexibility index (Phi) is 5.18. The topological polar surface area (TPSA) is 55.2 Å². The molecule has 0 bridgehead atoms. The standard InChI is InChI=1S/C23H24FN3O2/c1-15-7-5-8-16(2)27(15)23(29)19-13-17-10-6-12-25-21(17)26(22(19)28)14-18-9-3-4-11-20(18)24/h3-4,6,9-13,15-16H,5,7-8,14H2,1-2H3. The first-order valence-electron chi connectivity index (χ1n) is 10.0. The van der Waals surface area contributed by atoms with Gasteiger partial charge in [-0.3, -0.25) is 14.2 Å². The molecule has 6 heteroatoms. The quantitative estimate of drug-likeness (QED) is 0.676. The molecule has 2 aromatic heterocycles. The SMILES string of the molecule is CC1CCCC(C)N1C(=O)c1cc2cccnc2n(Cc2ccccc2F)c1=O. The number of amides is 1. The van der Waals surface area contributed by atoms with Crippen molar-refractivity contribution in [2.75, 3.05) is 0 Å². The zero-order chi connectivity index (χ0) is 20.5. The Hall–Kier alpha value is -3.02. The molecule has 150 valence electrons. The van der Waals surface area contributed by atoms with Crippen LogP contribution in [0.25, 0.3) is 11.0 Å². The van der Waals surface area contributed by atoms with Gasteiger partial charge in [0.25, 0.3) is 11.5 Å². The van der Waals surface area contributed by atoms with E-state index in [2.05, 4.69) is 4.98 Å². The van der Waals surface area contributed by atoms with E-state index in [0.29, 0.717) is 16.6 Å². The number of aromatic nitrogens is 2. The fourth-order valence-electron chi connectivity index (χ4n) is 4.26. The highest BCUT2D eigenvalue weighted by molar-refractivity contribution is 5.97. The first-order valence-corrected chi connectivity index (χ1v) is 10.0. The second-order valence-electron chi connectivity index (χ2n) is 7.80. The fraction of sp³-hybridized carbons (Fsp3) is 0.348. The van der Waals surface area contributed by atoms with Crippen molar-refractivity contribution in [3.63, 3.8) is 0 Å². The molecule has 3 aromatic rings. The van der Waals surface area contributed by atoms with E-state index < -0.39 is 11.4 Å². The monoisotopic (exact) mass is 393 g/mol. The Morgan fingerprint density at radius 3 is 2.59 bits per heavy atom. The molecule has 0 saturated carbocycles. The predicted octanol–water partition coefficient (Wildman–Crippen LogP) is 3.99. The summed E-state index contributed by atoms with van der Waals surface area (Å²) in [5, 5.41) is 0.684. The molecule has 5 nitrogen and oxygen atoms in total. The average molecular weight is 393 g/mol. The number of halogens is 1. The third-order valence-electron chi connectivity index (χ3n) is 5.79. The highest BCUT2D eigenvalue weighted by atomic mass is 19.1. The van der Waals surface area contributed by atoms with Crippen molar-refractivity contribution < 1.29 is 9.18 Å². The summed E-state index contributed by atoms with van der Waals surface area (Å²) in [7, 11) is 0. The zero-order valence-electron chi connectivity index (χ0n) is 16.6. The van der Waals surface area contributed by atoms with E-state index in [1.54, 1.807) is 36.5 Å². The number of carbonyl (C=O) groups excluding carboxylic acids is 1. The lowest BCUT2D eigenvalue weighted by molar-refractivity contribution is 0.0508. The van der Waals surface area contributed by atoms with Gasteiger partial charge in [0.15, 0.2) is 0 Å². The molecular weight excluding hydrogens is 369 g/mol. The third kappa shape index (κ3) is 3.55. The molecule has 2 unspecified atom stereocenters. The van der Waals surface area contributed by atoms with Gasteiger partial charge in [0.2, 0.25) is 0 Å². The van der Waals surface area contributed by atoms with Gasteiger partial charge in [0, 0.05) is 29.2 Å². The van der Waals surface area contributed by atoms with Crippen LogP contribution in [0.3, 0.4) is 0 Å². The van der Waals surface area contributed by atoms with Crippen molar-refractivity contribution >= 4 is 16.9 Å². The maximum absolute atomic E-state index is 14.2. The Morgan fingerprint density at radius 2 is 1.86 bits per heavy atom. The number of fused-ring (bicyclic) bond motifs is 1. The number of likely N-dealkylation sites (tertiary alicyclic amines) is 1. The average Bonchev–Trinajstić information content (AvgIpc) is 2.71. The lowest BCUT2D eigenvalue weighted by Gasteiger charge is -2.39. The molecule has 0 N–H and O–H groups in total. The van der Waals surface area contributed by atoms with Crippen LogP contribution >= 0.6 is 0 Å². The molecule has 1 aliphatic rings. The Labute approximate surface area is 168 Å². The summed E-state index contributed by atoms with van der Waals surface area (Å²) in [6, 6.07) is 11.7. The number of piperidine rings is 1. The number of pyridine rings is 2. The number of carbonyl (C=O) groups is 1. The number of rotatable bonds is 3. The highest BCUT2D eigenvalue weighted by Gasteiger charge is 2.31. The van der Waals surface area contributed by atoms with Crippen LogP contribution < -0.4 is 5.56 Å². The lowest BCUT2D eigenvalue weighted by atomic mass is 9.96. The van der Waals surface area contributed by atoms with Crippen LogP contribution in [-0.2, 0) is 6.54 Å². The summed E-state index contributed by atoms with van der Waals surface area (Å²) >= 11 is 0. The predicted molar refractivity (Wildman–Crippen MR) is 110 cm³/mol. The molecule has 1 aromatic carbocycles. The Balaban J connectivity index is 1.86. The minimum absolute atomic E-state index is 0.0191. The van der Waals surface area contributed by atoms with Crippen molar-refractivity contribution in [2.45, 2.75) is 51.7 Å². The van der Waals surface area contributed by atoms with Gasteiger partial charge in [-0.05, 0) is 57.4 Å². The van der Waals surface area contributed by atoms with E-state index in [9.17, 15) is 14.0 Å². The van der Waals surface area contributed by atoms with Crippen molar-refractivity contribution in [2.24, 2.45) is 0 Å². The molecule has 0 aliphatic carbocycles. The normalized spacial score (nSPS) is 19.5. The second-order valence-corrected chi connectivity index (χ2v) is 7.80. The van der Waals surface area contributed by atoms with Gasteiger partial charge in [0.05, 0.1) is 6.54 Å². The number of benzene rings is 1. The van der Waals surface area contributed by atoms with E-state index in [4.69, 9.17) is 0 Å². The van der Waals surface area contributed by atoms with Crippen molar-refractivity contribution in [1.82, 2.24) is 14.5 Å². The lowest BCUT2D eigenvalue weighted by Crippen LogP contribution is -2.49. The summed E-state index contributed by atoms with van der Waals surface area (Å²) < 4.78 is 15.7. The van der Waals surface area contributed by atoms with Crippen LogP contribution in [0, 0.1) is 5.82 Å². The van der Waals surface area contributed by atoms with E-state index >= 15 is 0 Å². The van der Waals surface area contributed by atoms with Crippen LogP contribution in [0.5, 0.6) is 0 Å². The van der Waals surface area contributed by atoms with Crippen molar-refractivity contribution in [3.8, 4) is 0 Å². The summed E-state index contributed by atoms with van der Waals surface area (Å²) in [5.74, 6) is -0.652. The van der Waals surface area contributed by atoms with Gasteiger partial charge in [-0.25, -0.2) is 9.37 Å². The molecular formula is C23H24FN3O2. The largest absolute Gasteiger partial charge is 0.333 e. The molecule has 2 atom stereocenters.